The highest BCUT2D eigenvalue weighted by molar-refractivity contribution is 6.18. The van der Waals surface area contributed by atoms with Gasteiger partial charge in [0.25, 0.3) is 0 Å². The van der Waals surface area contributed by atoms with Crippen molar-refractivity contribution in [1.29, 1.82) is 0 Å². The van der Waals surface area contributed by atoms with E-state index in [0.717, 1.165) is 66.9 Å². The molecule has 0 N–H and O–H groups in total. The van der Waals surface area contributed by atoms with Gasteiger partial charge >= 0.3 is 0 Å². The van der Waals surface area contributed by atoms with Crippen molar-refractivity contribution in [2.45, 2.75) is 0 Å². The Balaban J connectivity index is 0.932. The van der Waals surface area contributed by atoms with Crippen LogP contribution in [0.2, 0.25) is 0 Å². The van der Waals surface area contributed by atoms with Gasteiger partial charge < -0.3 is 13.9 Å². The molecule has 0 saturated carbocycles. The normalized spacial score (nSPS) is 11.6. The van der Waals surface area contributed by atoms with E-state index < -0.39 is 0 Å². The predicted octanol–water partition coefficient (Wildman–Crippen LogP) is 16.3. The minimum absolute atomic E-state index is 0.904. The maximum atomic E-state index is 6.43. The SMILES string of the molecule is c1ccc(-c2ccccc2N(c2ccc(-c3ccc(-n4c5ccccc5c5ccc6ccccc6c54)cc3)cc2)c2ccc(-c3cccc4c3oc3ccccc34)cc2)cc1. The van der Waals surface area contributed by atoms with Crippen LogP contribution in [0.15, 0.2) is 235 Å². The highest BCUT2D eigenvalue weighted by Crippen LogP contribution is 2.43. The van der Waals surface area contributed by atoms with Crippen LogP contribution in [0.5, 0.6) is 0 Å². The average Bonchev–Trinajstić information content (AvgIpc) is 3.89. The highest BCUT2D eigenvalue weighted by Gasteiger charge is 2.19. The number of para-hydroxylation sites is 4. The van der Waals surface area contributed by atoms with Crippen molar-refractivity contribution < 1.29 is 4.42 Å². The highest BCUT2D eigenvalue weighted by atomic mass is 16.3. The molecule has 12 aromatic rings. The Morgan fingerprint density at radius 3 is 1.70 bits per heavy atom. The quantitative estimate of drug-likeness (QED) is 0.161. The average molecular weight is 779 g/mol. The zero-order valence-corrected chi connectivity index (χ0v) is 33.2. The molecule has 0 aliphatic carbocycles. The number of benzene rings is 10. The van der Waals surface area contributed by atoms with Gasteiger partial charge in [-0.25, -0.2) is 0 Å². The first-order valence-electron chi connectivity index (χ1n) is 20.8. The Bertz CT molecular complexity index is 3560. The van der Waals surface area contributed by atoms with Crippen LogP contribution in [-0.2, 0) is 0 Å². The maximum absolute atomic E-state index is 6.43. The molecule has 0 radical (unpaired) electrons. The van der Waals surface area contributed by atoms with E-state index >= 15 is 0 Å². The van der Waals surface area contributed by atoms with Gasteiger partial charge in [-0.2, -0.15) is 0 Å². The number of anilines is 3. The third-order valence-electron chi connectivity index (χ3n) is 12.2. The molecule has 12 rings (SSSR count). The van der Waals surface area contributed by atoms with Crippen LogP contribution in [0, 0.1) is 0 Å². The topological polar surface area (TPSA) is 21.3 Å². The lowest BCUT2D eigenvalue weighted by atomic mass is 9.99. The molecule has 61 heavy (non-hydrogen) atoms. The lowest BCUT2D eigenvalue weighted by molar-refractivity contribution is 0.670. The Hall–Kier alpha value is -8.14. The van der Waals surface area contributed by atoms with Crippen molar-refractivity contribution in [3.63, 3.8) is 0 Å². The van der Waals surface area contributed by atoms with Crippen molar-refractivity contribution in [3.8, 4) is 39.1 Å². The van der Waals surface area contributed by atoms with Crippen molar-refractivity contribution in [1.82, 2.24) is 4.57 Å². The van der Waals surface area contributed by atoms with Gasteiger partial charge in [-0.3, -0.25) is 0 Å². The van der Waals surface area contributed by atoms with Gasteiger partial charge in [0.15, 0.2) is 0 Å². The first kappa shape index (κ1) is 34.9. The zero-order chi connectivity index (χ0) is 40.3. The van der Waals surface area contributed by atoms with E-state index in [1.165, 1.54) is 43.7 Å². The van der Waals surface area contributed by atoms with Gasteiger partial charge in [-0.15, -0.1) is 0 Å². The summed E-state index contributed by atoms with van der Waals surface area (Å²) in [6.45, 7) is 0. The van der Waals surface area contributed by atoms with E-state index in [2.05, 4.69) is 228 Å². The van der Waals surface area contributed by atoms with E-state index in [0.29, 0.717) is 0 Å². The van der Waals surface area contributed by atoms with E-state index in [1.807, 2.05) is 12.1 Å². The van der Waals surface area contributed by atoms with E-state index in [1.54, 1.807) is 0 Å². The fraction of sp³-hybridized carbons (Fsp3) is 0. The molecule has 3 nitrogen and oxygen atoms in total. The Morgan fingerprint density at radius 2 is 0.918 bits per heavy atom. The third kappa shape index (κ3) is 5.82. The number of rotatable bonds is 7. The largest absolute Gasteiger partial charge is 0.455 e. The molecule has 2 heterocycles. The summed E-state index contributed by atoms with van der Waals surface area (Å²) in [5, 5.41) is 7.30. The number of furan rings is 1. The van der Waals surface area contributed by atoms with Crippen molar-refractivity contribution in [3.05, 3.63) is 231 Å². The molecular weight excluding hydrogens is 741 g/mol. The van der Waals surface area contributed by atoms with E-state index in [9.17, 15) is 0 Å². The van der Waals surface area contributed by atoms with Crippen LogP contribution in [0.25, 0.3) is 93.6 Å². The molecule has 0 spiro atoms. The molecule has 0 bridgehead atoms. The summed E-state index contributed by atoms with van der Waals surface area (Å²) in [6, 6.07) is 82.8. The first-order chi connectivity index (χ1) is 30.3. The predicted molar refractivity (Wildman–Crippen MR) is 257 cm³/mol. The standard InChI is InChI=1S/C58H38N2O/c1-2-13-41(14-3-1)47-16-6-9-22-54(47)59(45-36-29-43(30-37-45)49-20-12-21-53-51-19-8-11-24-56(51)61-58(49)53)44-32-25-39(26-33-44)40-27-34-46(35-28-40)60-55-23-10-7-18-50(55)52-38-31-42-15-4-5-17-48(42)57(52)60/h1-38H. The molecular formula is C58H38N2O. The monoisotopic (exact) mass is 778 g/mol. The smallest absolute Gasteiger partial charge is 0.143 e. The summed E-state index contributed by atoms with van der Waals surface area (Å²) in [5.74, 6) is 0. The van der Waals surface area contributed by atoms with Gasteiger partial charge in [0.1, 0.15) is 11.2 Å². The lowest BCUT2D eigenvalue weighted by Gasteiger charge is -2.28. The second-order valence-corrected chi connectivity index (χ2v) is 15.7. The second kappa shape index (κ2) is 14.3. The van der Waals surface area contributed by atoms with Gasteiger partial charge in [0.2, 0.25) is 0 Å². The van der Waals surface area contributed by atoms with Gasteiger partial charge in [0, 0.05) is 55.1 Å². The Morgan fingerprint density at radius 1 is 0.344 bits per heavy atom. The summed E-state index contributed by atoms with van der Waals surface area (Å²) < 4.78 is 8.85. The van der Waals surface area contributed by atoms with Crippen LogP contribution in [0.4, 0.5) is 17.1 Å². The van der Waals surface area contributed by atoms with Crippen LogP contribution < -0.4 is 4.90 Å². The molecule has 0 fully saturated rings. The number of hydrogen-bond acceptors (Lipinski definition) is 2. The molecule has 0 atom stereocenters. The van der Waals surface area contributed by atoms with Crippen molar-refractivity contribution in [2.24, 2.45) is 0 Å². The van der Waals surface area contributed by atoms with Crippen molar-refractivity contribution >= 4 is 71.6 Å². The van der Waals surface area contributed by atoms with Gasteiger partial charge in [0.05, 0.1) is 16.7 Å². The fourth-order valence-corrected chi connectivity index (χ4v) is 9.33. The molecule has 3 heteroatoms. The van der Waals surface area contributed by atoms with Crippen molar-refractivity contribution in [2.75, 3.05) is 4.90 Å². The third-order valence-corrected chi connectivity index (χ3v) is 12.2. The van der Waals surface area contributed by atoms with Crippen LogP contribution in [0.1, 0.15) is 0 Å². The summed E-state index contributed by atoms with van der Waals surface area (Å²) >= 11 is 0. The minimum Gasteiger partial charge on any atom is -0.455 e. The summed E-state index contributed by atoms with van der Waals surface area (Å²) in [6.07, 6.45) is 0. The number of hydrogen-bond donors (Lipinski definition) is 0. The fourth-order valence-electron chi connectivity index (χ4n) is 9.33. The molecule has 0 saturated heterocycles. The Kier molecular flexibility index (Phi) is 8.17. The molecule has 0 amide bonds. The zero-order valence-electron chi connectivity index (χ0n) is 33.2. The maximum Gasteiger partial charge on any atom is 0.143 e. The van der Waals surface area contributed by atoms with E-state index in [-0.39, 0.29) is 0 Å². The number of fused-ring (bicyclic) bond motifs is 8. The van der Waals surface area contributed by atoms with Crippen LogP contribution >= 0.6 is 0 Å². The van der Waals surface area contributed by atoms with Crippen LogP contribution in [0.3, 0.4) is 0 Å². The lowest BCUT2D eigenvalue weighted by Crippen LogP contribution is -2.11. The molecule has 10 aromatic carbocycles. The number of nitrogens with zero attached hydrogens (tertiary/aromatic N) is 2. The number of aromatic nitrogens is 1. The van der Waals surface area contributed by atoms with Crippen LogP contribution in [-0.4, -0.2) is 4.57 Å². The second-order valence-electron chi connectivity index (χ2n) is 15.7. The molecule has 2 aromatic heterocycles. The first-order valence-corrected chi connectivity index (χ1v) is 20.8. The molecule has 0 aliphatic heterocycles. The summed E-state index contributed by atoms with van der Waals surface area (Å²) in [4.78, 5) is 2.37. The van der Waals surface area contributed by atoms with Gasteiger partial charge in [-0.1, -0.05) is 176 Å². The summed E-state index contributed by atoms with van der Waals surface area (Å²) in [5.41, 5.74) is 15.5. The molecule has 0 unspecified atom stereocenters. The van der Waals surface area contributed by atoms with Gasteiger partial charge in [-0.05, 0) is 82.2 Å². The minimum atomic E-state index is 0.904. The Labute approximate surface area is 353 Å². The summed E-state index contributed by atoms with van der Waals surface area (Å²) in [7, 11) is 0. The van der Waals surface area contributed by atoms with E-state index in [4.69, 9.17) is 4.42 Å². The molecule has 286 valence electrons. The molecule has 0 aliphatic rings.